The zero-order chi connectivity index (χ0) is 7.40. The minimum absolute atomic E-state index is 0.00986. The Morgan fingerprint density at radius 3 is 2.80 bits per heavy atom. The normalized spacial score (nSPS) is 16.9. The van der Waals surface area contributed by atoms with E-state index < -0.39 is 0 Å². The fourth-order valence-electron chi connectivity index (χ4n) is 0.833. The zero-order valence-electron chi connectivity index (χ0n) is 6.43. The van der Waals surface area contributed by atoms with E-state index in [2.05, 4.69) is 0 Å². The molecule has 0 aromatic carbocycles. The molecule has 0 aliphatic heterocycles. The van der Waals surface area contributed by atoms with Crippen LogP contribution in [0.25, 0.3) is 0 Å². The summed E-state index contributed by atoms with van der Waals surface area (Å²) >= 11 is 0. The van der Waals surface area contributed by atoms with Gasteiger partial charge in [-0.15, -0.1) is 0 Å². The number of rotatable bonds is 4. The van der Waals surface area contributed by atoms with E-state index in [4.69, 9.17) is 4.74 Å². The lowest BCUT2D eigenvalue weighted by molar-refractivity contribution is -0.144. The van der Waals surface area contributed by atoms with Gasteiger partial charge in [0, 0.05) is 6.42 Å². The van der Waals surface area contributed by atoms with E-state index in [1.807, 2.05) is 6.92 Å². The molecule has 2 nitrogen and oxygen atoms in total. The lowest BCUT2D eigenvalue weighted by Crippen LogP contribution is -2.05. The van der Waals surface area contributed by atoms with Gasteiger partial charge < -0.3 is 4.74 Å². The Balaban J connectivity index is 1.97. The standard InChI is InChI=1S/C8H14O2/c1-2-5-10-8(9)6-7-3-4-7/h7H,2-6H2,1H3. The number of esters is 1. The Bertz CT molecular complexity index is 116. The minimum Gasteiger partial charge on any atom is -0.466 e. The topological polar surface area (TPSA) is 26.3 Å². The first kappa shape index (κ1) is 7.58. The van der Waals surface area contributed by atoms with Gasteiger partial charge in [0.1, 0.15) is 0 Å². The first-order valence-electron chi connectivity index (χ1n) is 3.98. The molecule has 1 fully saturated rings. The summed E-state index contributed by atoms with van der Waals surface area (Å²) in [6, 6.07) is 0. The molecule has 1 saturated carbocycles. The quantitative estimate of drug-likeness (QED) is 0.559. The predicted molar refractivity (Wildman–Crippen MR) is 38.6 cm³/mol. The predicted octanol–water partition coefficient (Wildman–Crippen LogP) is 1.74. The van der Waals surface area contributed by atoms with Crippen LogP contribution in [0.4, 0.5) is 0 Å². The van der Waals surface area contributed by atoms with Crippen molar-refractivity contribution in [2.45, 2.75) is 32.6 Å². The van der Waals surface area contributed by atoms with Crippen molar-refractivity contribution in [3.05, 3.63) is 0 Å². The molecule has 1 rings (SSSR count). The highest BCUT2D eigenvalue weighted by atomic mass is 16.5. The summed E-state index contributed by atoms with van der Waals surface area (Å²) in [5, 5.41) is 0. The summed E-state index contributed by atoms with van der Waals surface area (Å²) in [7, 11) is 0. The Kier molecular flexibility index (Phi) is 2.72. The second-order valence-electron chi connectivity index (χ2n) is 2.87. The number of hydrogen-bond acceptors (Lipinski definition) is 2. The van der Waals surface area contributed by atoms with Gasteiger partial charge in [0.15, 0.2) is 0 Å². The van der Waals surface area contributed by atoms with Crippen molar-refractivity contribution in [2.75, 3.05) is 6.61 Å². The molecule has 0 aromatic heterocycles. The van der Waals surface area contributed by atoms with Crippen LogP contribution in [0.2, 0.25) is 0 Å². The molecule has 0 radical (unpaired) electrons. The van der Waals surface area contributed by atoms with Crippen LogP contribution in [0.3, 0.4) is 0 Å². The maximum atomic E-state index is 10.8. The van der Waals surface area contributed by atoms with Crippen LogP contribution < -0.4 is 0 Å². The van der Waals surface area contributed by atoms with Crippen molar-refractivity contribution >= 4 is 5.97 Å². The largest absolute Gasteiger partial charge is 0.466 e. The van der Waals surface area contributed by atoms with Crippen molar-refractivity contribution in [3.8, 4) is 0 Å². The fourth-order valence-corrected chi connectivity index (χ4v) is 0.833. The molecule has 1 aliphatic carbocycles. The SMILES string of the molecule is CCCOC(=O)CC1CC1. The number of hydrogen-bond donors (Lipinski definition) is 0. The van der Waals surface area contributed by atoms with Gasteiger partial charge in [-0.25, -0.2) is 0 Å². The average molecular weight is 142 g/mol. The second kappa shape index (κ2) is 3.59. The first-order chi connectivity index (χ1) is 4.83. The van der Waals surface area contributed by atoms with Crippen molar-refractivity contribution in [2.24, 2.45) is 5.92 Å². The Labute approximate surface area is 61.6 Å². The van der Waals surface area contributed by atoms with Gasteiger partial charge in [0.05, 0.1) is 6.61 Å². The molecule has 2 heteroatoms. The highest BCUT2D eigenvalue weighted by Crippen LogP contribution is 2.32. The van der Waals surface area contributed by atoms with Crippen LogP contribution >= 0.6 is 0 Å². The molecular weight excluding hydrogens is 128 g/mol. The van der Waals surface area contributed by atoms with Gasteiger partial charge in [-0.05, 0) is 25.2 Å². The Morgan fingerprint density at radius 1 is 1.60 bits per heavy atom. The van der Waals surface area contributed by atoms with Gasteiger partial charge in [0.25, 0.3) is 0 Å². The van der Waals surface area contributed by atoms with Crippen molar-refractivity contribution < 1.29 is 9.53 Å². The summed E-state index contributed by atoms with van der Waals surface area (Å²) in [6.45, 7) is 2.59. The van der Waals surface area contributed by atoms with Gasteiger partial charge in [-0.1, -0.05) is 6.92 Å². The lowest BCUT2D eigenvalue weighted by Gasteiger charge is -1.99. The molecule has 0 bridgehead atoms. The average Bonchev–Trinajstić information content (AvgIpc) is 2.67. The molecule has 1 aliphatic rings. The number of carbonyl (C=O) groups excluding carboxylic acids is 1. The van der Waals surface area contributed by atoms with E-state index in [-0.39, 0.29) is 5.97 Å². The van der Waals surface area contributed by atoms with Crippen LogP contribution in [-0.2, 0) is 9.53 Å². The van der Waals surface area contributed by atoms with Crippen LogP contribution in [0.5, 0.6) is 0 Å². The summed E-state index contributed by atoms with van der Waals surface area (Å²) in [5.41, 5.74) is 0. The van der Waals surface area contributed by atoms with Crippen LogP contribution in [0.1, 0.15) is 32.6 Å². The molecule has 10 heavy (non-hydrogen) atoms. The number of ether oxygens (including phenoxy) is 1. The summed E-state index contributed by atoms with van der Waals surface area (Å²) in [5.74, 6) is 0.647. The van der Waals surface area contributed by atoms with Crippen LogP contribution in [0, 0.1) is 5.92 Å². The van der Waals surface area contributed by atoms with E-state index in [1.165, 1.54) is 12.8 Å². The van der Waals surface area contributed by atoms with Gasteiger partial charge in [0.2, 0.25) is 0 Å². The van der Waals surface area contributed by atoms with E-state index >= 15 is 0 Å². The minimum atomic E-state index is -0.00986. The summed E-state index contributed by atoms with van der Waals surface area (Å²) < 4.78 is 4.90. The van der Waals surface area contributed by atoms with E-state index in [0.717, 1.165) is 6.42 Å². The first-order valence-corrected chi connectivity index (χ1v) is 3.98. The molecule has 58 valence electrons. The molecule has 0 atom stereocenters. The highest BCUT2D eigenvalue weighted by Gasteiger charge is 2.24. The molecule has 0 amide bonds. The molecule has 0 spiro atoms. The fraction of sp³-hybridized carbons (Fsp3) is 0.875. The molecule has 0 heterocycles. The maximum Gasteiger partial charge on any atom is 0.306 e. The monoisotopic (exact) mass is 142 g/mol. The third kappa shape index (κ3) is 2.85. The maximum absolute atomic E-state index is 10.8. The molecule has 0 aromatic rings. The number of carbonyl (C=O) groups is 1. The molecule has 0 N–H and O–H groups in total. The van der Waals surface area contributed by atoms with E-state index in [0.29, 0.717) is 18.9 Å². The van der Waals surface area contributed by atoms with Crippen molar-refractivity contribution in [1.82, 2.24) is 0 Å². The van der Waals surface area contributed by atoms with Crippen LogP contribution in [-0.4, -0.2) is 12.6 Å². The zero-order valence-corrected chi connectivity index (χ0v) is 6.43. The Morgan fingerprint density at radius 2 is 2.30 bits per heavy atom. The van der Waals surface area contributed by atoms with Gasteiger partial charge >= 0.3 is 5.97 Å². The van der Waals surface area contributed by atoms with Crippen molar-refractivity contribution in [1.29, 1.82) is 0 Å². The van der Waals surface area contributed by atoms with E-state index in [1.54, 1.807) is 0 Å². The van der Waals surface area contributed by atoms with Crippen molar-refractivity contribution in [3.63, 3.8) is 0 Å². The van der Waals surface area contributed by atoms with E-state index in [9.17, 15) is 4.79 Å². The van der Waals surface area contributed by atoms with Gasteiger partial charge in [-0.2, -0.15) is 0 Å². The summed E-state index contributed by atoms with van der Waals surface area (Å²) in [6.07, 6.45) is 4.03. The summed E-state index contributed by atoms with van der Waals surface area (Å²) in [4.78, 5) is 10.8. The third-order valence-corrected chi connectivity index (χ3v) is 1.62. The highest BCUT2D eigenvalue weighted by molar-refractivity contribution is 5.69. The smallest absolute Gasteiger partial charge is 0.306 e. The molecular formula is C8H14O2. The Hall–Kier alpha value is -0.530. The molecule has 0 unspecified atom stereocenters. The third-order valence-electron chi connectivity index (χ3n) is 1.62. The van der Waals surface area contributed by atoms with Gasteiger partial charge in [-0.3, -0.25) is 4.79 Å². The van der Waals surface area contributed by atoms with Crippen LogP contribution in [0.15, 0.2) is 0 Å². The second-order valence-corrected chi connectivity index (χ2v) is 2.87. The molecule has 0 saturated heterocycles. The lowest BCUT2D eigenvalue weighted by atomic mass is 10.3.